The summed E-state index contributed by atoms with van der Waals surface area (Å²) in [6.07, 6.45) is 2.27. The van der Waals surface area contributed by atoms with Crippen LogP contribution >= 0.6 is 0 Å². The van der Waals surface area contributed by atoms with E-state index < -0.39 is 11.7 Å². The molecule has 0 saturated heterocycles. The van der Waals surface area contributed by atoms with Gasteiger partial charge in [-0.2, -0.15) is 0 Å². The first-order chi connectivity index (χ1) is 9.60. The lowest BCUT2D eigenvalue weighted by Crippen LogP contribution is -2.36. The molecule has 0 bridgehead atoms. The third kappa shape index (κ3) is 4.77. The van der Waals surface area contributed by atoms with Gasteiger partial charge >= 0.3 is 0 Å². The quantitative estimate of drug-likeness (QED) is 0.767. The van der Waals surface area contributed by atoms with E-state index in [0.29, 0.717) is 19.8 Å². The van der Waals surface area contributed by atoms with Gasteiger partial charge in [0.05, 0.1) is 12.2 Å². The monoisotopic (exact) mass is 283 g/mol. The molecule has 1 unspecified atom stereocenters. The van der Waals surface area contributed by atoms with E-state index in [1.807, 2.05) is 20.8 Å². The summed E-state index contributed by atoms with van der Waals surface area (Å²) >= 11 is 0. The molecule has 20 heavy (non-hydrogen) atoms. The molecule has 1 heterocycles. The highest BCUT2D eigenvalue weighted by Gasteiger charge is 2.17. The van der Waals surface area contributed by atoms with Crippen molar-refractivity contribution in [3.05, 3.63) is 23.6 Å². The van der Waals surface area contributed by atoms with Gasteiger partial charge in [-0.3, -0.25) is 4.79 Å². The summed E-state index contributed by atoms with van der Waals surface area (Å²) in [6.45, 7) is 7.24. The summed E-state index contributed by atoms with van der Waals surface area (Å²) in [5.74, 6) is -0.976. The molecular formula is C14H22FN3O2. The summed E-state index contributed by atoms with van der Waals surface area (Å²) in [5, 5.41) is 5.55. The average molecular weight is 283 g/mol. The van der Waals surface area contributed by atoms with Crippen molar-refractivity contribution in [2.24, 2.45) is 0 Å². The van der Waals surface area contributed by atoms with Crippen LogP contribution in [0.4, 0.5) is 10.2 Å². The molecule has 112 valence electrons. The van der Waals surface area contributed by atoms with Crippen molar-refractivity contribution >= 4 is 11.7 Å². The van der Waals surface area contributed by atoms with Gasteiger partial charge in [0.2, 0.25) is 0 Å². The molecule has 0 saturated carbocycles. The molecule has 1 atom stereocenters. The molecule has 0 radical (unpaired) electrons. The number of pyridine rings is 1. The minimum Gasteiger partial charge on any atom is -0.380 e. The molecular weight excluding hydrogens is 261 g/mol. The maximum atomic E-state index is 14.1. The lowest BCUT2D eigenvalue weighted by Gasteiger charge is -2.14. The van der Waals surface area contributed by atoms with Crippen LogP contribution in [0, 0.1) is 5.82 Å². The molecule has 0 aromatic carbocycles. The molecule has 6 heteroatoms. The van der Waals surface area contributed by atoms with Crippen LogP contribution in [0.5, 0.6) is 0 Å². The zero-order valence-corrected chi connectivity index (χ0v) is 12.2. The number of hydrogen-bond donors (Lipinski definition) is 2. The predicted octanol–water partition coefficient (Wildman–Crippen LogP) is 2.20. The maximum absolute atomic E-state index is 14.1. The number of anilines is 1. The Morgan fingerprint density at radius 2 is 2.25 bits per heavy atom. The van der Waals surface area contributed by atoms with Crippen molar-refractivity contribution < 1.29 is 13.9 Å². The van der Waals surface area contributed by atoms with Gasteiger partial charge in [-0.05, 0) is 26.3 Å². The number of hydrogen-bond acceptors (Lipinski definition) is 4. The van der Waals surface area contributed by atoms with Crippen molar-refractivity contribution in [3.63, 3.8) is 0 Å². The van der Waals surface area contributed by atoms with Gasteiger partial charge in [0.25, 0.3) is 5.91 Å². The van der Waals surface area contributed by atoms with Crippen molar-refractivity contribution in [3.8, 4) is 0 Å². The number of halogens is 1. The second-order valence-electron chi connectivity index (χ2n) is 4.48. The highest BCUT2D eigenvalue weighted by Crippen LogP contribution is 2.15. The van der Waals surface area contributed by atoms with Gasteiger partial charge < -0.3 is 15.4 Å². The van der Waals surface area contributed by atoms with Gasteiger partial charge in [0, 0.05) is 25.4 Å². The smallest absolute Gasteiger partial charge is 0.254 e. The van der Waals surface area contributed by atoms with Crippen LogP contribution in [-0.2, 0) is 4.74 Å². The van der Waals surface area contributed by atoms with Gasteiger partial charge in [-0.1, -0.05) is 6.92 Å². The summed E-state index contributed by atoms with van der Waals surface area (Å²) in [6, 6.07) is 1.19. The number of aromatic nitrogens is 1. The average Bonchev–Trinajstić information content (AvgIpc) is 2.43. The minimum atomic E-state index is -0.623. The fourth-order valence-electron chi connectivity index (χ4n) is 1.62. The Hall–Kier alpha value is -1.69. The van der Waals surface area contributed by atoms with Crippen molar-refractivity contribution in [1.29, 1.82) is 0 Å². The molecule has 1 amide bonds. The first-order valence-electron chi connectivity index (χ1n) is 6.87. The van der Waals surface area contributed by atoms with Crippen LogP contribution in [0.3, 0.4) is 0 Å². The van der Waals surface area contributed by atoms with Gasteiger partial charge in [-0.25, -0.2) is 9.37 Å². The minimum absolute atomic E-state index is 0.0121. The molecule has 1 rings (SSSR count). The number of carbonyl (C=O) groups excluding carboxylic acids is 1. The van der Waals surface area contributed by atoms with Crippen LogP contribution in [-0.4, -0.2) is 36.7 Å². The SMILES string of the molecule is CCCNc1nccc(C(=O)NC(C)COCC)c1F. The van der Waals surface area contributed by atoms with Crippen LogP contribution < -0.4 is 10.6 Å². The number of nitrogens with one attached hydrogen (secondary N) is 2. The fourth-order valence-corrected chi connectivity index (χ4v) is 1.62. The molecule has 0 aliphatic rings. The van der Waals surface area contributed by atoms with E-state index in [9.17, 15) is 9.18 Å². The molecule has 2 N–H and O–H groups in total. The Balaban J connectivity index is 2.72. The van der Waals surface area contributed by atoms with Crippen LogP contribution in [0.1, 0.15) is 37.6 Å². The van der Waals surface area contributed by atoms with Crippen molar-refractivity contribution in [1.82, 2.24) is 10.3 Å². The number of amides is 1. The third-order valence-electron chi connectivity index (χ3n) is 2.63. The molecule has 0 fully saturated rings. The van der Waals surface area contributed by atoms with E-state index in [1.54, 1.807) is 0 Å². The number of ether oxygens (including phenoxy) is 1. The fraction of sp³-hybridized carbons (Fsp3) is 0.571. The summed E-state index contributed by atoms with van der Waals surface area (Å²) < 4.78 is 19.3. The Labute approximate surface area is 118 Å². The largest absolute Gasteiger partial charge is 0.380 e. The second-order valence-corrected chi connectivity index (χ2v) is 4.48. The third-order valence-corrected chi connectivity index (χ3v) is 2.63. The number of nitrogens with zero attached hydrogens (tertiary/aromatic N) is 1. The summed E-state index contributed by atoms with van der Waals surface area (Å²) in [5.41, 5.74) is -0.0121. The Morgan fingerprint density at radius 1 is 1.50 bits per heavy atom. The molecule has 0 aliphatic carbocycles. The summed E-state index contributed by atoms with van der Waals surface area (Å²) in [4.78, 5) is 15.9. The van der Waals surface area contributed by atoms with Gasteiger partial charge in [0.15, 0.2) is 11.6 Å². The Kier molecular flexibility index (Phi) is 6.93. The van der Waals surface area contributed by atoms with E-state index >= 15 is 0 Å². The van der Waals surface area contributed by atoms with Crippen molar-refractivity contribution in [2.45, 2.75) is 33.2 Å². The maximum Gasteiger partial charge on any atom is 0.254 e. The van der Waals surface area contributed by atoms with Gasteiger partial charge in [-0.15, -0.1) is 0 Å². The standard InChI is InChI=1S/C14H22FN3O2/c1-4-7-16-13-12(15)11(6-8-17-13)14(19)18-10(3)9-20-5-2/h6,8,10H,4-5,7,9H2,1-3H3,(H,16,17)(H,18,19). The lowest BCUT2D eigenvalue weighted by atomic mass is 10.2. The van der Waals surface area contributed by atoms with E-state index in [0.717, 1.165) is 6.42 Å². The molecule has 1 aromatic rings. The highest BCUT2D eigenvalue weighted by molar-refractivity contribution is 5.95. The zero-order valence-electron chi connectivity index (χ0n) is 12.2. The molecule has 1 aromatic heterocycles. The molecule has 0 spiro atoms. The number of carbonyl (C=O) groups is 1. The van der Waals surface area contributed by atoms with Crippen LogP contribution in [0.25, 0.3) is 0 Å². The Morgan fingerprint density at radius 3 is 2.90 bits per heavy atom. The number of rotatable bonds is 8. The van der Waals surface area contributed by atoms with Crippen molar-refractivity contribution in [2.75, 3.05) is 25.1 Å². The lowest BCUT2D eigenvalue weighted by molar-refractivity contribution is 0.0868. The van der Waals surface area contributed by atoms with E-state index in [1.165, 1.54) is 12.3 Å². The predicted molar refractivity (Wildman–Crippen MR) is 76.4 cm³/mol. The first-order valence-corrected chi connectivity index (χ1v) is 6.87. The molecule has 0 aliphatic heterocycles. The summed E-state index contributed by atoms with van der Waals surface area (Å²) in [7, 11) is 0. The second kappa shape index (κ2) is 8.47. The molecule has 5 nitrogen and oxygen atoms in total. The Bertz CT molecular complexity index is 440. The zero-order chi connectivity index (χ0) is 15.0. The highest BCUT2D eigenvalue weighted by atomic mass is 19.1. The van der Waals surface area contributed by atoms with Crippen LogP contribution in [0.15, 0.2) is 12.3 Å². The van der Waals surface area contributed by atoms with Gasteiger partial charge in [0.1, 0.15) is 0 Å². The first kappa shape index (κ1) is 16.4. The van der Waals surface area contributed by atoms with E-state index in [-0.39, 0.29) is 17.4 Å². The van der Waals surface area contributed by atoms with E-state index in [4.69, 9.17) is 4.74 Å². The normalized spacial score (nSPS) is 12.0. The topological polar surface area (TPSA) is 63.2 Å². The van der Waals surface area contributed by atoms with E-state index in [2.05, 4.69) is 15.6 Å². The van der Waals surface area contributed by atoms with Crippen LogP contribution in [0.2, 0.25) is 0 Å².